The SMILES string of the molecule is CC(C)[Te](C(C)C)(C(C)C)C(C)C. The van der Waals surface area contributed by atoms with Gasteiger partial charge in [0.1, 0.15) is 0 Å². The first-order valence-electron chi connectivity index (χ1n) is 5.56. The molecule has 0 aromatic carbocycles. The first-order chi connectivity index (χ1) is 5.77. The van der Waals surface area contributed by atoms with E-state index in [0.717, 1.165) is 15.9 Å². The fraction of sp³-hybridized carbons (Fsp3) is 1.00. The van der Waals surface area contributed by atoms with Gasteiger partial charge in [-0.1, -0.05) is 0 Å². The van der Waals surface area contributed by atoms with Gasteiger partial charge >= 0.3 is 89.4 Å². The normalized spacial score (nSPS) is 15.1. The summed E-state index contributed by atoms with van der Waals surface area (Å²) in [5, 5.41) is 0. The Morgan fingerprint density at radius 1 is 0.462 bits per heavy atom. The molecule has 0 unspecified atom stereocenters. The van der Waals surface area contributed by atoms with Crippen LogP contribution in [0.2, 0.25) is 15.9 Å². The fourth-order valence-corrected chi connectivity index (χ4v) is 21.9. The summed E-state index contributed by atoms with van der Waals surface area (Å²) < 4.78 is 3.84. The Kier molecular flexibility index (Phi) is 5.34. The predicted molar refractivity (Wildman–Crippen MR) is 66.1 cm³/mol. The van der Waals surface area contributed by atoms with E-state index in [2.05, 4.69) is 55.4 Å². The van der Waals surface area contributed by atoms with Crippen LogP contribution in [0.15, 0.2) is 0 Å². The molecule has 0 radical (unpaired) electrons. The summed E-state index contributed by atoms with van der Waals surface area (Å²) in [5.41, 5.74) is 0. The molecule has 0 aliphatic rings. The first kappa shape index (κ1) is 13.8. The zero-order valence-electron chi connectivity index (χ0n) is 10.7. The topological polar surface area (TPSA) is 0 Å². The Morgan fingerprint density at radius 3 is 0.615 bits per heavy atom. The van der Waals surface area contributed by atoms with Gasteiger partial charge in [-0.3, -0.25) is 0 Å². The Hall–Kier alpha value is 0.790. The van der Waals surface area contributed by atoms with Crippen LogP contribution in [0.3, 0.4) is 0 Å². The molecule has 0 aromatic rings. The summed E-state index contributed by atoms with van der Waals surface area (Å²) in [7, 11) is 0. The first-order valence-corrected chi connectivity index (χ1v) is 10.9. The van der Waals surface area contributed by atoms with Gasteiger partial charge in [0.15, 0.2) is 0 Å². The molecule has 0 heterocycles. The molecule has 0 amide bonds. The standard InChI is InChI=1S/C12H28Te/c1-9(2)13(10(3)4,11(5)6)12(7)8/h9-12H,1-8H3. The molecule has 82 valence electrons. The van der Waals surface area contributed by atoms with Crippen molar-refractivity contribution < 1.29 is 0 Å². The van der Waals surface area contributed by atoms with E-state index in [-0.39, 0.29) is 0 Å². The van der Waals surface area contributed by atoms with E-state index in [9.17, 15) is 0 Å². The second-order valence-corrected chi connectivity index (χ2v) is 20.4. The van der Waals surface area contributed by atoms with Gasteiger partial charge in [0.2, 0.25) is 0 Å². The zero-order chi connectivity index (χ0) is 10.8. The summed E-state index contributed by atoms with van der Waals surface area (Å²) in [6.07, 6.45) is 0. The summed E-state index contributed by atoms with van der Waals surface area (Å²) in [4.78, 5) is 0. The van der Waals surface area contributed by atoms with Crippen molar-refractivity contribution in [2.75, 3.05) is 0 Å². The van der Waals surface area contributed by atoms with E-state index >= 15 is 0 Å². The Labute approximate surface area is 89.3 Å². The zero-order valence-corrected chi connectivity index (χ0v) is 13.0. The maximum atomic E-state index is 2.46. The summed E-state index contributed by atoms with van der Waals surface area (Å²) in [5.74, 6) is 0. The number of hydrogen-bond acceptors (Lipinski definition) is 0. The molecule has 0 aliphatic heterocycles. The monoisotopic (exact) mass is 302 g/mol. The molecule has 0 spiro atoms. The molecule has 0 aromatic heterocycles. The van der Waals surface area contributed by atoms with Crippen LogP contribution in [0.25, 0.3) is 0 Å². The molecule has 0 N–H and O–H groups in total. The molecule has 0 saturated carbocycles. The van der Waals surface area contributed by atoms with Crippen molar-refractivity contribution in [3.63, 3.8) is 0 Å². The average molecular weight is 300 g/mol. The average Bonchev–Trinajstić information content (AvgIpc) is 1.82. The van der Waals surface area contributed by atoms with Gasteiger partial charge in [-0.25, -0.2) is 0 Å². The maximum absolute atomic E-state index is 2.46. The van der Waals surface area contributed by atoms with Gasteiger partial charge in [-0.2, -0.15) is 0 Å². The summed E-state index contributed by atoms with van der Waals surface area (Å²) in [6.45, 7) is 19.7. The molecule has 13 heavy (non-hydrogen) atoms. The van der Waals surface area contributed by atoms with Crippen molar-refractivity contribution in [1.82, 2.24) is 0 Å². The molecule has 0 aliphatic carbocycles. The quantitative estimate of drug-likeness (QED) is 0.635. The van der Waals surface area contributed by atoms with Gasteiger partial charge in [0, 0.05) is 0 Å². The minimum absolute atomic E-state index is 0.961. The van der Waals surface area contributed by atoms with E-state index in [1.165, 1.54) is 0 Å². The van der Waals surface area contributed by atoms with E-state index in [1.807, 2.05) is 0 Å². The van der Waals surface area contributed by atoms with Crippen LogP contribution in [0.4, 0.5) is 0 Å². The molecular formula is C12H28Te. The van der Waals surface area contributed by atoms with Crippen molar-refractivity contribution in [2.45, 2.75) is 71.3 Å². The van der Waals surface area contributed by atoms with Crippen molar-refractivity contribution in [3.8, 4) is 0 Å². The van der Waals surface area contributed by atoms with Gasteiger partial charge in [-0.05, 0) is 0 Å². The minimum atomic E-state index is -1.70. The van der Waals surface area contributed by atoms with Crippen molar-refractivity contribution >= 4 is 18.2 Å². The molecule has 0 rings (SSSR count). The molecule has 0 nitrogen and oxygen atoms in total. The Bertz CT molecular complexity index is 108. The van der Waals surface area contributed by atoms with E-state index in [4.69, 9.17) is 0 Å². The van der Waals surface area contributed by atoms with Gasteiger partial charge in [-0.15, -0.1) is 0 Å². The second kappa shape index (κ2) is 5.04. The van der Waals surface area contributed by atoms with Crippen molar-refractivity contribution in [2.24, 2.45) is 0 Å². The van der Waals surface area contributed by atoms with E-state index in [0.29, 0.717) is 0 Å². The van der Waals surface area contributed by atoms with E-state index < -0.39 is 18.2 Å². The third kappa shape index (κ3) is 2.42. The molecule has 0 atom stereocenters. The summed E-state index contributed by atoms with van der Waals surface area (Å²) >= 11 is -1.70. The second-order valence-electron chi connectivity index (χ2n) is 5.01. The Morgan fingerprint density at radius 2 is 0.615 bits per heavy atom. The molecule has 1 heteroatoms. The molecular weight excluding hydrogens is 272 g/mol. The van der Waals surface area contributed by atoms with Gasteiger partial charge < -0.3 is 0 Å². The third-order valence-corrected chi connectivity index (χ3v) is 21.9. The third-order valence-electron chi connectivity index (χ3n) is 3.27. The predicted octanol–water partition coefficient (Wildman–Crippen LogP) is 5.08. The fourth-order valence-electron chi connectivity index (χ4n) is 3.27. The van der Waals surface area contributed by atoms with Crippen LogP contribution >= 0.6 is 0 Å². The summed E-state index contributed by atoms with van der Waals surface area (Å²) in [6, 6.07) is 0. The van der Waals surface area contributed by atoms with Crippen LogP contribution in [0.5, 0.6) is 0 Å². The van der Waals surface area contributed by atoms with Crippen LogP contribution in [0, 0.1) is 0 Å². The van der Waals surface area contributed by atoms with Gasteiger partial charge in [0.25, 0.3) is 0 Å². The number of hydrogen-bond donors (Lipinski definition) is 0. The van der Waals surface area contributed by atoms with Crippen molar-refractivity contribution in [1.29, 1.82) is 0 Å². The van der Waals surface area contributed by atoms with Gasteiger partial charge in [0.05, 0.1) is 0 Å². The molecule has 0 fully saturated rings. The van der Waals surface area contributed by atoms with Crippen molar-refractivity contribution in [3.05, 3.63) is 0 Å². The molecule has 0 saturated heterocycles. The molecule has 0 bridgehead atoms. The van der Waals surface area contributed by atoms with Crippen LogP contribution in [-0.2, 0) is 0 Å². The van der Waals surface area contributed by atoms with E-state index in [1.54, 1.807) is 0 Å². The number of rotatable bonds is 4. The Balaban J connectivity index is 5.06. The van der Waals surface area contributed by atoms with Crippen LogP contribution in [0.1, 0.15) is 55.4 Å². The van der Waals surface area contributed by atoms with Crippen LogP contribution in [-0.4, -0.2) is 18.2 Å². The van der Waals surface area contributed by atoms with Crippen LogP contribution < -0.4 is 0 Å².